The fourth-order valence-corrected chi connectivity index (χ4v) is 3.44. The van der Waals surface area contributed by atoms with Gasteiger partial charge in [0.1, 0.15) is 0 Å². The molecule has 3 atom stereocenters. The zero-order valence-corrected chi connectivity index (χ0v) is 11.7. The molecule has 20 heavy (non-hydrogen) atoms. The molecule has 2 fully saturated rings. The summed E-state index contributed by atoms with van der Waals surface area (Å²) in [4.78, 5) is 2.34. The monoisotopic (exact) mass is 272 g/mol. The molecule has 3 rings (SSSR count). The van der Waals surface area contributed by atoms with Crippen LogP contribution in [0.4, 0.5) is 5.69 Å². The second-order valence-corrected chi connectivity index (χ2v) is 5.66. The molecule has 1 heterocycles. The van der Waals surface area contributed by atoms with Crippen molar-refractivity contribution in [2.75, 3.05) is 18.1 Å². The molecular formula is C16H20N2O2. The lowest BCUT2D eigenvalue weighted by molar-refractivity contribution is 0.0254. The fourth-order valence-electron chi connectivity index (χ4n) is 3.44. The molecule has 1 N–H and O–H groups in total. The van der Waals surface area contributed by atoms with Gasteiger partial charge in [0.15, 0.2) is 0 Å². The lowest BCUT2D eigenvalue weighted by Crippen LogP contribution is -2.49. The highest BCUT2D eigenvalue weighted by Crippen LogP contribution is 2.36. The predicted molar refractivity (Wildman–Crippen MR) is 76.5 cm³/mol. The summed E-state index contributed by atoms with van der Waals surface area (Å²) in [6.07, 6.45) is 3.20. The van der Waals surface area contributed by atoms with Crippen molar-refractivity contribution >= 4 is 5.69 Å². The first-order valence-electron chi connectivity index (χ1n) is 7.31. The third-order valence-electron chi connectivity index (χ3n) is 4.40. The van der Waals surface area contributed by atoms with E-state index in [0.29, 0.717) is 17.7 Å². The first-order valence-corrected chi connectivity index (χ1v) is 7.31. The molecule has 1 aromatic rings. The Hall–Kier alpha value is -1.57. The summed E-state index contributed by atoms with van der Waals surface area (Å²) in [7, 11) is 0. The number of benzene rings is 1. The Morgan fingerprint density at radius 2 is 2.30 bits per heavy atom. The van der Waals surface area contributed by atoms with Gasteiger partial charge in [-0.3, -0.25) is 0 Å². The van der Waals surface area contributed by atoms with Gasteiger partial charge < -0.3 is 14.7 Å². The molecule has 1 saturated heterocycles. The maximum Gasteiger partial charge on any atom is 0.0992 e. The van der Waals surface area contributed by atoms with E-state index >= 15 is 0 Å². The van der Waals surface area contributed by atoms with Gasteiger partial charge in [-0.1, -0.05) is 6.07 Å². The van der Waals surface area contributed by atoms with E-state index in [1.807, 2.05) is 12.1 Å². The van der Waals surface area contributed by atoms with Gasteiger partial charge in [-0.25, -0.2) is 0 Å². The van der Waals surface area contributed by atoms with E-state index in [1.165, 1.54) is 6.42 Å². The first kappa shape index (κ1) is 13.4. The third kappa shape index (κ3) is 2.28. The molecule has 0 spiro atoms. The molecular weight excluding hydrogens is 252 g/mol. The Bertz CT molecular complexity index is 536. The Morgan fingerprint density at radius 1 is 1.45 bits per heavy atom. The lowest BCUT2D eigenvalue weighted by atomic mass is 10.0. The number of aliphatic hydroxyl groups excluding tert-OH is 1. The van der Waals surface area contributed by atoms with Crippen LogP contribution in [0.15, 0.2) is 18.2 Å². The second kappa shape index (κ2) is 5.43. The zero-order valence-electron chi connectivity index (χ0n) is 11.7. The van der Waals surface area contributed by atoms with Crippen LogP contribution in [0.5, 0.6) is 0 Å². The van der Waals surface area contributed by atoms with E-state index < -0.39 is 6.10 Å². The summed E-state index contributed by atoms with van der Waals surface area (Å²) >= 11 is 0. The van der Waals surface area contributed by atoms with Crippen molar-refractivity contribution < 1.29 is 9.84 Å². The Kier molecular flexibility index (Phi) is 3.64. The molecule has 1 aliphatic heterocycles. The molecule has 4 nitrogen and oxygen atoms in total. The summed E-state index contributed by atoms with van der Waals surface area (Å²) in [5.41, 5.74) is 2.54. The maximum atomic E-state index is 10.00. The minimum absolute atomic E-state index is 0.302. The summed E-state index contributed by atoms with van der Waals surface area (Å²) in [5, 5.41) is 19.1. The Labute approximate surface area is 119 Å². The number of hydrogen-bond donors (Lipinski definition) is 1. The molecule has 0 bridgehead atoms. The summed E-state index contributed by atoms with van der Waals surface area (Å²) in [6, 6.07) is 8.13. The molecule has 0 radical (unpaired) electrons. The average Bonchev–Trinajstić information content (AvgIpc) is 2.94. The largest absolute Gasteiger partial charge is 0.389 e. The minimum atomic E-state index is -0.527. The van der Waals surface area contributed by atoms with Crippen LogP contribution < -0.4 is 4.90 Å². The van der Waals surface area contributed by atoms with Crippen LogP contribution in [0.25, 0.3) is 0 Å². The molecule has 1 aromatic carbocycles. The number of ether oxygens (including phenoxy) is 1. The second-order valence-electron chi connectivity index (χ2n) is 5.66. The third-order valence-corrected chi connectivity index (χ3v) is 4.40. The number of nitrogens with zero attached hydrogens (tertiary/aromatic N) is 2. The van der Waals surface area contributed by atoms with E-state index in [1.54, 1.807) is 13.0 Å². The van der Waals surface area contributed by atoms with Crippen molar-refractivity contribution in [1.82, 2.24) is 0 Å². The Morgan fingerprint density at radius 3 is 3.05 bits per heavy atom. The van der Waals surface area contributed by atoms with Crippen molar-refractivity contribution in [2.45, 2.75) is 44.4 Å². The number of rotatable bonds is 2. The van der Waals surface area contributed by atoms with Crippen LogP contribution in [0.3, 0.4) is 0 Å². The van der Waals surface area contributed by atoms with Gasteiger partial charge in [-0.15, -0.1) is 0 Å². The highest BCUT2D eigenvalue weighted by molar-refractivity contribution is 5.59. The minimum Gasteiger partial charge on any atom is -0.389 e. The standard InChI is InChI=1S/C16H20N2O2/c1-11(19)13-6-5-12(10-17)9-15(13)18-7-8-20-16-4-2-3-14(16)18/h5-6,9,11,14,16,19H,2-4,7-8H2,1H3/t11-,14?,16?/m0/s1. The van der Waals surface area contributed by atoms with Gasteiger partial charge >= 0.3 is 0 Å². The van der Waals surface area contributed by atoms with E-state index in [0.717, 1.165) is 37.2 Å². The molecule has 4 heteroatoms. The number of aliphatic hydroxyl groups is 1. The Balaban J connectivity index is 2.01. The van der Waals surface area contributed by atoms with Gasteiger partial charge in [0.25, 0.3) is 0 Å². The van der Waals surface area contributed by atoms with Crippen LogP contribution in [-0.4, -0.2) is 30.4 Å². The highest BCUT2D eigenvalue weighted by atomic mass is 16.5. The maximum absolute atomic E-state index is 10.00. The van der Waals surface area contributed by atoms with E-state index in [4.69, 9.17) is 10.00 Å². The van der Waals surface area contributed by atoms with Gasteiger partial charge in [-0.2, -0.15) is 5.26 Å². The topological polar surface area (TPSA) is 56.5 Å². The van der Waals surface area contributed by atoms with Crippen molar-refractivity contribution in [2.24, 2.45) is 0 Å². The van der Waals surface area contributed by atoms with Crippen molar-refractivity contribution in [3.63, 3.8) is 0 Å². The molecule has 1 saturated carbocycles. The summed E-state index contributed by atoms with van der Waals surface area (Å²) in [6.45, 7) is 3.32. The van der Waals surface area contributed by atoms with Gasteiger partial charge in [0.2, 0.25) is 0 Å². The number of anilines is 1. The zero-order chi connectivity index (χ0) is 14.1. The number of hydrogen-bond acceptors (Lipinski definition) is 4. The van der Waals surface area contributed by atoms with Gasteiger partial charge in [0, 0.05) is 17.8 Å². The lowest BCUT2D eigenvalue weighted by Gasteiger charge is -2.40. The van der Waals surface area contributed by atoms with E-state index in [9.17, 15) is 5.11 Å². The van der Waals surface area contributed by atoms with E-state index in [2.05, 4.69) is 11.0 Å². The number of nitriles is 1. The number of morpholine rings is 1. The number of fused-ring (bicyclic) bond motifs is 1. The molecule has 2 aliphatic rings. The van der Waals surface area contributed by atoms with Crippen molar-refractivity contribution in [3.8, 4) is 6.07 Å². The average molecular weight is 272 g/mol. The highest BCUT2D eigenvalue weighted by Gasteiger charge is 2.37. The molecule has 0 aromatic heterocycles. The van der Waals surface area contributed by atoms with Crippen LogP contribution >= 0.6 is 0 Å². The smallest absolute Gasteiger partial charge is 0.0992 e. The first-order chi connectivity index (χ1) is 9.70. The predicted octanol–water partition coefficient (Wildman–Crippen LogP) is 2.37. The van der Waals surface area contributed by atoms with Crippen LogP contribution in [-0.2, 0) is 4.74 Å². The van der Waals surface area contributed by atoms with Crippen LogP contribution in [0, 0.1) is 11.3 Å². The SMILES string of the molecule is C[C@H](O)c1ccc(C#N)cc1N1CCOC2CCCC21. The fraction of sp³-hybridized carbons (Fsp3) is 0.562. The summed E-state index contributed by atoms with van der Waals surface area (Å²) in [5.74, 6) is 0. The molecule has 106 valence electrons. The van der Waals surface area contributed by atoms with Crippen LogP contribution in [0.2, 0.25) is 0 Å². The van der Waals surface area contributed by atoms with Gasteiger partial charge in [-0.05, 0) is 38.3 Å². The molecule has 2 unspecified atom stereocenters. The van der Waals surface area contributed by atoms with Crippen LogP contribution in [0.1, 0.15) is 43.4 Å². The van der Waals surface area contributed by atoms with Crippen molar-refractivity contribution in [1.29, 1.82) is 5.26 Å². The normalized spacial score (nSPS) is 26.9. The molecule has 0 amide bonds. The quantitative estimate of drug-likeness (QED) is 0.898. The van der Waals surface area contributed by atoms with Gasteiger partial charge in [0.05, 0.1) is 36.5 Å². The van der Waals surface area contributed by atoms with Crippen molar-refractivity contribution in [3.05, 3.63) is 29.3 Å². The summed E-state index contributed by atoms with van der Waals surface area (Å²) < 4.78 is 5.84. The molecule has 1 aliphatic carbocycles. The van der Waals surface area contributed by atoms with E-state index in [-0.39, 0.29) is 0 Å².